The molecule has 1 aliphatic heterocycles. The number of rotatable bonds is 7. The molecule has 0 unspecified atom stereocenters. The Morgan fingerprint density at radius 3 is 2.48 bits per heavy atom. The molecule has 0 bridgehead atoms. The van der Waals surface area contributed by atoms with Gasteiger partial charge in [-0.1, -0.05) is 26.0 Å². The molecule has 0 saturated heterocycles. The fraction of sp³-hybridized carbons (Fsp3) is 0.364. The third-order valence-corrected chi connectivity index (χ3v) is 7.42. The predicted molar refractivity (Wildman–Crippen MR) is 115 cm³/mol. The summed E-state index contributed by atoms with van der Waals surface area (Å²) in [5, 5.41) is 2.74. The fourth-order valence-corrected chi connectivity index (χ4v) is 5.36. The van der Waals surface area contributed by atoms with Gasteiger partial charge in [0.2, 0.25) is 21.8 Å². The van der Waals surface area contributed by atoms with Crippen LogP contribution in [0.3, 0.4) is 0 Å². The first-order valence-corrected chi connectivity index (χ1v) is 11.6. The smallest absolute Gasteiger partial charge is 0.243 e. The lowest BCUT2D eigenvalue weighted by Crippen LogP contribution is -2.47. The average Bonchev–Trinajstić information content (AvgIpc) is 3.12. The van der Waals surface area contributed by atoms with Crippen LogP contribution >= 0.6 is 0 Å². The molecule has 31 heavy (non-hydrogen) atoms. The number of halogens is 1. The lowest BCUT2D eigenvalue weighted by atomic mass is 10.1. The zero-order valence-electron chi connectivity index (χ0n) is 17.8. The van der Waals surface area contributed by atoms with Crippen molar-refractivity contribution in [2.45, 2.75) is 44.7 Å². The standard InChI is InChI=1S/C22H26FN3O4S/c1-4-25(5-2)31(29,30)19-9-10-20-17(12-19)13-21(26(20)15(3)27)22(28)24-14-16-7-6-8-18(23)11-16/h6-12,21H,4-5,13-14H2,1-3H3,(H,24,28)/t21-/m0/s1. The minimum Gasteiger partial charge on any atom is -0.350 e. The monoisotopic (exact) mass is 447 g/mol. The Hall–Kier alpha value is -2.78. The van der Waals surface area contributed by atoms with Crippen molar-refractivity contribution in [1.82, 2.24) is 9.62 Å². The number of sulfonamides is 1. The Morgan fingerprint density at radius 2 is 1.87 bits per heavy atom. The predicted octanol–water partition coefficient (Wildman–Crippen LogP) is 2.45. The van der Waals surface area contributed by atoms with Gasteiger partial charge >= 0.3 is 0 Å². The number of fused-ring (bicyclic) bond motifs is 1. The molecule has 1 heterocycles. The summed E-state index contributed by atoms with van der Waals surface area (Å²) in [7, 11) is -3.65. The molecule has 0 aromatic heterocycles. The molecule has 9 heteroatoms. The van der Waals surface area contributed by atoms with Gasteiger partial charge in [0.25, 0.3) is 0 Å². The van der Waals surface area contributed by atoms with E-state index < -0.39 is 21.9 Å². The highest BCUT2D eigenvalue weighted by Gasteiger charge is 2.37. The van der Waals surface area contributed by atoms with E-state index in [4.69, 9.17) is 0 Å². The van der Waals surface area contributed by atoms with Crippen molar-refractivity contribution < 1.29 is 22.4 Å². The zero-order valence-corrected chi connectivity index (χ0v) is 18.6. The summed E-state index contributed by atoms with van der Waals surface area (Å²) >= 11 is 0. The number of nitrogens with zero attached hydrogens (tertiary/aromatic N) is 2. The van der Waals surface area contributed by atoms with Crippen molar-refractivity contribution in [2.75, 3.05) is 18.0 Å². The van der Waals surface area contributed by atoms with Crippen LogP contribution in [-0.2, 0) is 32.6 Å². The minimum atomic E-state index is -3.65. The highest BCUT2D eigenvalue weighted by molar-refractivity contribution is 7.89. The van der Waals surface area contributed by atoms with Crippen molar-refractivity contribution in [3.05, 3.63) is 59.4 Å². The van der Waals surface area contributed by atoms with E-state index in [1.807, 2.05) is 0 Å². The Kier molecular flexibility index (Phi) is 6.76. The molecule has 1 N–H and O–H groups in total. The lowest BCUT2D eigenvalue weighted by Gasteiger charge is -2.23. The summed E-state index contributed by atoms with van der Waals surface area (Å²) in [5.41, 5.74) is 1.75. The fourth-order valence-electron chi connectivity index (χ4n) is 3.85. The molecule has 2 aromatic rings. The van der Waals surface area contributed by atoms with Gasteiger partial charge in [0, 0.05) is 38.7 Å². The SMILES string of the molecule is CCN(CC)S(=O)(=O)c1ccc2c(c1)C[C@@H](C(=O)NCc1cccc(F)c1)N2C(C)=O. The van der Waals surface area contributed by atoms with E-state index >= 15 is 0 Å². The number of hydrogen-bond acceptors (Lipinski definition) is 4. The molecule has 0 aliphatic carbocycles. The van der Waals surface area contributed by atoms with Crippen LogP contribution in [0.15, 0.2) is 47.4 Å². The van der Waals surface area contributed by atoms with E-state index in [0.717, 1.165) is 0 Å². The topological polar surface area (TPSA) is 86.8 Å². The first-order valence-electron chi connectivity index (χ1n) is 10.1. The van der Waals surface area contributed by atoms with Crippen LogP contribution in [-0.4, -0.2) is 43.7 Å². The second kappa shape index (κ2) is 9.15. The van der Waals surface area contributed by atoms with Crippen molar-refractivity contribution in [1.29, 1.82) is 0 Å². The molecule has 2 amide bonds. The van der Waals surface area contributed by atoms with Gasteiger partial charge in [-0.3, -0.25) is 14.5 Å². The van der Waals surface area contributed by atoms with Crippen molar-refractivity contribution in [3.8, 4) is 0 Å². The van der Waals surface area contributed by atoms with Crippen LogP contribution in [0.25, 0.3) is 0 Å². The van der Waals surface area contributed by atoms with Gasteiger partial charge in [0.15, 0.2) is 0 Å². The summed E-state index contributed by atoms with van der Waals surface area (Å²) in [6.07, 6.45) is 0.200. The first-order chi connectivity index (χ1) is 14.7. The molecule has 0 saturated carbocycles. The van der Waals surface area contributed by atoms with Crippen molar-refractivity contribution in [3.63, 3.8) is 0 Å². The van der Waals surface area contributed by atoms with Crippen LogP contribution in [0, 0.1) is 5.82 Å². The van der Waals surface area contributed by atoms with Crippen molar-refractivity contribution in [2.24, 2.45) is 0 Å². The highest BCUT2D eigenvalue weighted by Crippen LogP contribution is 2.35. The van der Waals surface area contributed by atoms with Crippen molar-refractivity contribution >= 4 is 27.5 Å². The van der Waals surface area contributed by atoms with Gasteiger partial charge in [-0.25, -0.2) is 12.8 Å². The maximum atomic E-state index is 13.4. The molecule has 0 spiro atoms. The number of nitrogens with one attached hydrogen (secondary N) is 1. The second-order valence-corrected chi connectivity index (χ2v) is 9.27. The zero-order chi connectivity index (χ0) is 22.8. The maximum absolute atomic E-state index is 13.4. The third kappa shape index (κ3) is 4.62. The van der Waals surface area contributed by atoms with E-state index in [9.17, 15) is 22.4 Å². The Labute approximate surface area is 181 Å². The van der Waals surface area contributed by atoms with Gasteiger partial charge < -0.3 is 5.32 Å². The quantitative estimate of drug-likeness (QED) is 0.706. The molecular weight excluding hydrogens is 421 g/mol. The lowest BCUT2D eigenvalue weighted by molar-refractivity contribution is -0.125. The van der Waals surface area contributed by atoms with Crippen LogP contribution in [0.4, 0.5) is 10.1 Å². The van der Waals surface area contributed by atoms with E-state index in [-0.39, 0.29) is 29.7 Å². The van der Waals surface area contributed by atoms with Gasteiger partial charge in [0.1, 0.15) is 11.9 Å². The molecular formula is C22H26FN3O4S. The Bertz CT molecular complexity index is 1100. The van der Waals surface area contributed by atoms with Gasteiger partial charge in [-0.15, -0.1) is 0 Å². The second-order valence-electron chi connectivity index (χ2n) is 7.34. The highest BCUT2D eigenvalue weighted by atomic mass is 32.2. The number of hydrogen-bond donors (Lipinski definition) is 1. The normalized spacial score (nSPS) is 15.8. The van der Waals surface area contributed by atoms with E-state index in [0.29, 0.717) is 29.9 Å². The molecule has 3 rings (SSSR count). The van der Waals surface area contributed by atoms with E-state index in [1.165, 1.54) is 34.3 Å². The Balaban J connectivity index is 1.84. The Morgan fingerprint density at radius 1 is 1.16 bits per heavy atom. The van der Waals surface area contributed by atoms with Gasteiger partial charge in [-0.05, 0) is 41.5 Å². The van der Waals surface area contributed by atoms with Crippen LogP contribution in [0.2, 0.25) is 0 Å². The number of amides is 2. The minimum absolute atomic E-state index is 0.122. The van der Waals surface area contributed by atoms with E-state index in [2.05, 4.69) is 5.32 Å². The van der Waals surface area contributed by atoms with Gasteiger partial charge in [-0.2, -0.15) is 4.31 Å². The molecule has 1 atom stereocenters. The third-order valence-electron chi connectivity index (χ3n) is 5.38. The van der Waals surface area contributed by atoms with Crippen LogP contribution in [0.1, 0.15) is 31.9 Å². The summed E-state index contributed by atoms with van der Waals surface area (Å²) in [6.45, 7) is 5.72. The first kappa shape index (κ1) is 22.9. The summed E-state index contributed by atoms with van der Waals surface area (Å²) in [6, 6.07) is 9.69. The molecule has 166 valence electrons. The molecule has 0 fully saturated rings. The summed E-state index contributed by atoms with van der Waals surface area (Å²) < 4.78 is 40.4. The summed E-state index contributed by atoms with van der Waals surface area (Å²) in [5.74, 6) is -1.10. The van der Waals surface area contributed by atoms with E-state index in [1.54, 1.807) is 38.1 Å². The van der Waals surface area contributed by atoms with Gasteiger partial charge in [0.05, 0.1) is 4.90 Å². The summed E-state index contributed by atoms with van der Waals surface area (Å²) in [4.78, 5) is 26.7. The average molecular weight is 448 g/mol. The largest absolute Gasteiger partial charge is 0.350 e. The number of carbonyl (C=O) groups is 2. The maximum Gasteiger partial charge on any atom is 0.243 e. The van der Waals surface area contributed by atoms with Crippen LogP contribution in [0.5, 0.6) is 0 Å². The number of anilines is 1. The molecule has 2 aromatic carbocycles. The number of benzene rings is 2. The molecule has 1 aliphatic rings. The molecule has 7 nitrogen and oxygen atoms in total. The van der Waals surface area contributed by atoms with Crippen LogP contribution < -0.4 is 10.2 Å². The molecule has 0 radical (unpaired) electrons. The number of carbonyl (C=O) groups excluding carboxylic acids is 2.